The van der Waals surface area contributed by atoms with Crippen molar-refractivity contribution < 1.29 is 14.2 Å². The van der Waals surface area contributed by atoms with E-state index in [0.717, 1.165) is 11.6 Å². The largest absolute Gasteiger partial charge is 0.372 e. The molecule has 0 saturated heterocycles. The number of non-ortho nitro benzene ring substituents is 1. The molecule has 1 unspecified atom stereocenters. The van der Waals surface area contributed by atoms with Gasteiger partial charge in [0.2, 0.25) is 0 Å². The lowest BCUT2D eigenvalue weighted by atomic mass is 9.95. The summed E-state index contributed by atoms with van der Waals surface area (Å²) >= 11 is 0. The van der Waals surface area contributed by atoms with Crippen molar-refractivity contribution in [3.8, 4) is 0 Å². The number of nitro benzene ring substituents is 2. The number of nitrogens with one attached hydrogen (secondary N) is 1. The topological polar surface area (TPSA) is 98.3 Å². The Morgan fingerprint density at radius 2 is 1.62 bits per heavy atom. The molecular weight excluding hydrogens is 317 g/mol. The second kappa shape index (κ2) is 7.03. The molecular formula is C16H16FN3O4. The van der Waals surface area contributed by atoms with Crippen molar-refractivity contribution in [1.82, 2.24) is 0 Å². The molecule has 2 aromatic carbocycles. The van der Waals surface area contributed by atoms with Gasteiger partial charge in [-0.3, -0.25) is 20.2 Å². The number of nitro groups is 2. The van der Waals surface area contributed by atoms with Gasteiger partial charge in [0.05, 0.1) is 22.0 Å². The number of hydrogen-bond acceptors (Lipinski definition) is 5. The Kier molecular flexibility index (Phi) is 5.08. The van der Waals surface area contributed by atoms with Gasteiger partial charge in [-0.05, 0) is 29.7 Å². The minimum absolute atomic E-state index is 0.0465. The highest BCUT2D eigenvalue weighted by Crippen LogP contribution is 2.34. The van der Waals surface area contributed by atoms with E-state index < -0.39 is 9.85 Å². The Morgan fingerprint density at radius 1 is 1.00 bits per heavy atom. The molecule has 2 rings (SSSR count). The van der Waals surface area contributed by atoms with Gasteiger partial charge in [0.25, 0.3) is 11.4 Å². The zero-order chi connectivity index (χ0) is 17.9. The van der Waals surface area contributed by atoms with E-state index in [1.807, 2.05) is 13.8 Å². The maximum atomic E-state index is 13.1. The zero-order valence-electron chi connectivity index (χ0n) is 13.1. The van der Waals surface area contributed by atoms with Crippen LogP contribution in [0.25, 0.3) is 0 Å². The number of hydrogen-bond donors (Lipinski definition) is 1. The van der Waals surface area contributed by atoms with Gasteiger partial charge in [-0.1, -0.05) is 26.0 Å². The number of nitrogens with zero attached hydrogens (tertiary/aromatic N) is 2. The van der Waals surface area contributed by atoms with Crippen LogP contribution in [0.3, 0.4) is 0 Å². The summed E-state index contributed by atoms with van der Waals surface area (Å²) in [6.45, 7) is 3.83. The summed E-state index contributed by atoms with van der Waals surface area (Å²) < 4.78 is 13.1. The van der Waals surface area contributed by atoms with Crippen LogP contribution in [-0.4, -0.2) is 9.85 Å². The van der Waals surface area contributed by atoms with Gasteiger partial charge in [-0.2, -0.15) is 0 Å². The quantitative estimate of drug-likeness (QED) is 0.622. The summed E-state index contributed by atoms with van der Waals surface area (Å²) in [5, 5.41) is 25.1. The minimum atomic E-state index is -0.684. The molecule has 0 radical (unpaired) electrons. The van der Waals surface area contributed by atoms with Crippen molar-refractivity contribution >= 4 is 17.1 Å². The predicted octanol–water partition coefficient (Wildman–Crippen LogP) is 4.45. The normalized spacial score (nSPS) is 12.0. The van der Waals surface area contributed by atoms with Crippen molar-refractivity contribution in [1.29, 1.82) is 0 Å². The molecule has 1 N–H and O–H groups in total. The van der Waals surface area contributed by atoms with Crippen LogP contribution in [0.4, 0.5) is 21.5 Å². The van der Waals surface area contributed by atoms with Crippen LogP contribution in [-0.2, 0) is 0 Å². The Hall–Kier alpha value is -3.03. The Bertz CT molecular complexity index is 762. The average molecular weight is 333 g/mol. The first-order valence-corrected chi connectivity index (χ1v) is 7.24. The van der Waals surface area contributed by atoms with Gasteiger partial charge in [0.15, 0.2) is 0 Å². The molecule has 0 saturated carbocycles. The zero-order valence-corrected chi connectivity index (χ0v) is 13.1. The van der Waals surface area contributed by atoms with Gasteiger partial charge >= 0.3 is 0 Å². The molecule has 0 aromatic heterocycles. The molecule has 0 amide bonds. The van der Waals surface area contributed by atoms with Crippen LogP contribution in [0.2, 0.25) is 0 Å². The number of halogens is 1. The average Bonchev–Trinajstić information content (AvgIpc) is 2.53. The van der Waals surface area contributed by atoms with Crippen LogP contribution in [0, 0.1) is 32.0 Å². The lowest BCUT2D eigenvalue weighted by molar-refractivity contribution is -0.393. The molecule has 0 aliphatic heterocycles. The molecule has 24 heavy (non-hydrogen) atoms. The molecule has 0 spiro atoms. The van der Waals surface area contributed by atoms with E-state index in [0.29, 0.717) is 0 Å². The highest BCUT2D eigenvalue weighted by molar-refractivity contribution is 5.66. The van der Waals surface area contributed by atoms with Crippen molar-refractivity contribution in [3.05, 3.63) is 74.1 Å². The molecule has 0 heterocycles. The van der Waals surface area contributed by atoms with E-state index in [1.54, 1.807) is 12.1 Å². The first-order valence-electron chi connectivity index (χ1n) is 7.24. The molecule has 0 aliphatic rings. The van der Waals surface area contributed by atoms with E-state index in [4.69, 9.17) is 0 Å². The fourth-order valence-corrected chi connectivity index (χ4v) is 2.38. The molecule has 2 aromatic rings. The molecule has 0 aliphatic carbocycles. The smallest absolute Gasteiger partial charge is 0.299 e. The van der Waals surface area contributed by atoms with Gasteiger partial charge < -0.3 is 5.32 Å². The Labute approximate surface area is 137 Å². The van der Waals surface area contributed by atoms with Gasteiger partial charge in [-0.15, -0.1) is 0 Å². The lowest BCUT2D eigenvalue weighted by Crippen LogP contribution is -2.17. The Balaban J connectivity index is 2.40. The van der Waals surface area contributed by atoms with Gasteiger partial charge in [0.1, 0.15) is 11.5 Å². The summed E-state index contributed by atoms with van der Waals surface area (Å²) in [6.07, 6.45) is 0. The van der Waals surface area contributed by atoms with Gasteiger partial charge in [-0.25, -0.2) is 4.39 Å². The number of benzene rings is 2. The monoisotopic (exact) mass is 333 g/mol. The summed E-state index contributed by atoms with van der Waals surface area (Å²) in [7, 11) is 0. The van der Waals surface area contributed by atoms with E-state index in [9.17, 15) is 24.6 Å². The maximum Gasteiger partial charge on any atom is 0.299 e. The summed E-state index contributed by atoms with van der Waals surface area (Å²) in [6, 6.07) is 8.96. The Morgan fingerprint density at radius 3 is 2.12 bits per heavy atom. The van der Waals surface area contributed by atoms with Crippen molar-refractivity contribution in [3.63, 3.8) is 0 Å². The van der Waals surface area contributed by atoms with Crippen LogP contribution < -0.4 is 5.32 Å². The SMILES string of the molecule is CC(C)C(Nc1ccc([N+](=O)[O-])cc1[N+](=O)[O-])c1ccc(F)cc1. The highest BCUT2D eigenvalue weighted by Gasteiger charge is 2.23. The van der Waals surface area contributed by atoms with Crippen molar-refractivity contribution in [2.45, 2.75) is 19.9 Å². The van der Waals surface area contributed by atoms with Crippen LogP contribution in [0.5, 0.6) is 0 Å². The maximum absolute atomic E-state index is 13.1. The van der Waals surface area contributed by atoms with Crippen LogP contribution in [0.1, 0.15) is 25.5 Å². The summed E-state index contributed by atoms with van der Waals surface area (Å²) in [5.41, 5.74) is 0.208. The number of rotatable bonds is 6. The molecule has 0 fully saturated rings. The van der Waals surface area contributed by atoms with E-state index in [-0.39, 0.29) is 34.8 Å². The van der Waals surface area contributed by atoms with E-state index >= 15 is 0 Å². The highest BCUT2D eigenvalue weighted by atomic mass is 19.1. The fraction of sp³-hybridized carbons (Fsp3) is 0.250. The van der Waals surface area contributed by atoms with Crippen LogP contribution in [0.15, 0.2) is 42.5 Å². The molecule has 1 atom stereocenters. The first kappa shape index (κ1) is 17.3. The van der Waals surface area contributed by atoms with E-state index in [2.05, 4.69) is 5.32 Å². The lowest BCUT2D eigenvalue weighted by Gasteiger charge is -2.24. The number of anilines is 1. The molecule has 7 nitrogen and oxygen atoms in total. The minimum Gasteiger partial charge on any atom is -0.372 e. The fourth-order valence-electron chi connectivity index (χ4n) is 2.38. The third-order valence-corrected chi connectivity index (χ3v) is 3.60. The predicted molar refractivity (Wildman–Crippen MR) is 87.4 cm³/mol. The van der Waals surface area contributed by atoms with E-state index in [1.165, 1.54) is 24.3 Å². The molecule has 126 valence electrons. The third-order valence-electron chi connectivity index (χ3n) is 3.60. The molecule has 0 bridgehead atoms. The first-order chi connectivity index (χ1) is 11.3. The second-order valence-electron chi connectivity index (χ2n) is 5.63. The standard InChI is InChI=1S/C16H16FN3O4/c1-10(2)16(11-3-5-12(17)6-4-11)18-14-8-7-13(19(21)22)9-15(14)20(23)24/h3-10,16,18H,1-2H3. The summed E-state index contributed by atoms with van der Waals surface area (Å²) in [4.78, 5) is 20.7. The van der Waals surface area contributed by atoms with Gasteiger partial charge in [0, 0.05) is 6.07 Å². The van der Waals surface area contributed by atoms with Crippen molar-refractivity contribution in [2.75, 3.05) is 5.32 Å². The third kappa shape index (κ3) is 3.83. The van der Waals surface area contributed by atoms with Crippen molar-refractivity contribution in [2.24, 2.45) is 5.92 Å². The summed E-state index contributed by atoms with van der Waals surface area (Å²) in [5.74, 6) is -0.326. The van der Waals surface area contributed by atoms with Crippen LogP contribution >= 0.6 is 0 Å². The molecule has 8 heteroatoms. The second-order valence-corrected chi connectivity index (χ2v) is 5.63.